The highest BCUT2D eigenvalue weighted by Gasteiger charge is 2.15. The second-order valence-electron chi connectivity index (χ2n) is 3.40. The van der Waals surface area contributed by atoms with E-state index in [9.17, 15) is 13.2 Å². The molecule has 0 bridgehead atoms. The van der Waals surface area contributed by atoms with E-state index in [4.69, 9.17) is 11.5 Å². The third-order valence-corrected chi connectivity index (χ3v) is 3.70. The highest BCUT2D eigenvalue weighted by Crippen LogP contribution is 2.12. The van der Waals surface area contributed by atoms with Crippen LogP contribution in [0.5, 0.6) is 0 Å². The number of nitrogens with two attached hydrogens (primary N) is 2. The van der Waals surface area contributed by atoms with Crippen molar-refractivity contribution in [3.63, 3.8) is 0 Å². The summed E-state index contributed by atoms with van der Waals surface area (Å²) in [4.78, 5) is 11.1. The van der Waals surface area contributed by atoms with E-state index in [1.807, 2.05) is 0 Å². The zero-order valence-corrected chi connectivity index (χ0v) is 9.53. The number of hydrogen-bond acceptors (Lipinski definition) is 4. The first-order chi connectivity index (χ1) is 7.46. The molecular weight excluding hydrogens is 228 g/mol. The van der Waals surface area contributed by atoms with Crippen molar-refractivity contribution < 1.29 is 13.2 Å². The number of primary amides is 1. The molecule has 0 aromatic heterocycles. The Bertz CT molecular complexity index is 483. The lowest BCUT2D eigenvalue weighted by molar-refractivity contribution is 0.0999. The molecule has 0 aliphatic carbocycles. The molecule has 1 aromatic rings. The molecule has 0 saturated carbocycles. The van der Waals surface area contributed by atoms with Gasteiger partial charge in [0.1, 0.15) is 0 Å². The lowest BCUT2D eigenvalue weighted by Gasteiger charge is -2.06. The smallest absolute Gasteiger partial charge is 0.249 e. The van der Waals surface area contributed by atoms with Crippen molar-refractivity contribution in [1.29, 1.82) is 0 Å². The van der Waals surface area contributed by atoms with Crippen molar-refractivity contribution in [3.05, 3.63) is 35.4 Å². The van der Waals surface area contributed by atoms with Gasteiger partial charge in [0, 0.05) is 12.1 Å². The Labute approximate surface area is 94.4 Å². The molecule has 4 N–H and O–H groups in total. The van der Waals surface area contributed by atoms with Crippen molar-refractivity contribution in [1.82, 2.24) is 0 Å². The van der Waals surface area contributed by atoms with Crippen LogP contribution in [0.3, 0.4) is 0 Å². The predicted octanol–water partition coefficient (Wildman–Crippen LogP) is -0.341. The van der Waals surface area contributed by atoms with Crippen LogP contribution in [-0.4, -0.2) is 26.6 Å². The van der Waals surface area contributed by atoms with Crippen molar-refractivity contribution in [2.24, 2.45) is 11.5 Å². The quantitative estimate of drug-likeness (QED) is 0.737. The van der Waals surface area contributed by atoms with Crippen LogP contribution >= 0.6 is 0 Å². The molecule has 0 heterocycles. The summed E-state index contributed by atoms with van der Waals surface area (Å²) in [5, 5.41) is 0. The maximum absolute atomic E-state index is 11.5. The molecule has 0 radical (unpaired) electrons. The molecule has 0 unspecified atom stereocenters. The third kappa shape index (κ3) is 3.32. The monoisotopic (exact) mass is 242 g/mol. The lowest BCUT2D eigenvalue weighted by Crippen LogP contribution is -2.20. The number of rotatable bonds is 5. The van der Waals surface area contributed by atoms with Crippen LogP contribution in [0.15, 0.2) is 24.3 Å². The molecule has 0 spiro atoms. The average Bonchev–Trinajstić information content (AvgIpc) is 2.17. The van der Waals surface area contributed by atoms with Crippen LogP contribution in [-0.2, 0) is 15.6 Å². The lowest BCUT2D eigenvalue weighted by atomic mass is 10.1. The molecular formula is C10H14N2O3S. The fourth-order valence-corrected chi connectivity index (χ4v) is 2.60. The Morgan fingerprint density at radius 1 is 1.25 bits per heavy atom. The van der Waals surface area contributed by atoms with Crippen LogP contribution in [0, 0.1) is 0 Å². The van der Waals surface area contributed by atoms with Gasteiger partial charge in [0.25, 0.3) is 0 Å². The van der Waals surface area contributed by atoms with Crippen LogP contribution in [0.4, 0.5) is 0 Å². The fraction of sp³-hybridized carbons (Fsp3) is 0.300. The van der Waals surface area contributed by atoms with Gasteiger partial charge in [-0.15, -0.1) is 0 Å². The zero-order valence-electron chi connectivity index (χ0n) is 8.72. The maximum Gasteiger partial charge on any atom is 0.249 e. The Hall–Kier alpha value is -1.40. The van der Waals surface area contributed by atoms with E-state index in [1.54, 1.807) is 18.2 Å². The number of sulfone groups is 1. The standard InChI is InChI=1S/C10H14N2O3S/c11-5-6-16(14,15)7-8-3-1-2-4-9(8)10(12)13/h1-4H,5-7,11H2,(H2,12,13). The summed E-state index contributed by atoms with van der Waals surface area (Å²) in [5.41, 5.74) is 11.0. The zero-order chi connectivity index (χ0) is 12.2. The van der Waals surface area contributed by atoms with E-state index >= 15 is 0 Å². The number of carbonyl (C=O) groups is 1. The van der Waals surface area contributed by atoms with Gasteiger partial charge in [0.05, 0.1) is 11.5 Å². The van der Waals surface area contributed by atoms with Crippen LogP contribution in [0.2, 0.25) is 0 Å². The first-order valence-corrected chi connectivity index (χ1v) is 6.56. The van der Waals surface area contributed by atoms with Crippen molar-refractivity contribution >= 4 is 15.7 Å². The Morgan fingerprint density at radius 3 is 2.44 bits per heavy atom. The molecule has 1 rings (SSSR count). The summed E-state index contributed by atoms with van der Waals surface area (Å²) >= 11 is 0. The van der Waals surface area contributed by atoms with E-state index in [2.05, 4.69) is 0 Å². The summed E-state index contributed by atoms with van der Waals surface area (Å²) in [6.07, 6.45) is 0. The van der Waals surface area contributed by atoms with Gasteiger partial charge in [0.15, 0.2) is 9.84 Å². The molecule has 88 valence electrons. The largest absolute Gasteiger partial charge is 0.366 e. The molecule has 0 fully saturated rings. The first-order valence-electron chi connectivity index (χ1n) is 4.74. The van der Waals surface area contributed by atoms with Gasteiger partial charge in [-0.2, -0.15) is 0 Å². The van der Waals surface area contributed by atoms with Gasteiger partial charge in [0.2, 0.25) is 5.91 Å². The minimum Gasteiger partial charge on any atom is -0.366 e. The predicted molar refractivity (Wildman–Crippen MR) is 61.5 cm³/mol. The molecule has 16 heavy (non-hydrogen) atoms. The SMILES string of the molecule is NCCS(=O)(=O)Cc1ccccc1C(N)=O. The third-order valence-electron chi connectivity index (χ3n) is 2.09. The molecule has 0 aliphatic heterocycles. The van der Waals surface area contributed by atoms with Crippen LogP contribution in [0.1, 0.15) is 15.9 Å². The van der Waals surface area contributed by atoms with E-state index < -0.39 is 15.7 Å². The van der Waals surface area contributed by atoms with Crippen LogP contribution in [0.25, 0.3) is 0 Å². The molecule has 1 aromatic carbocycles. The van der Waals surface area contributed by atoms with Crippen molar-refractivity contribution in [2.45, 2.75) is 5.75 Å². The van der Waals surface area contributed by atoms with Gasteiger partial charge >= 0.3 is 0 Å². The van der Waals surface area contributed by atoms with Gasteiger partial charge in [-0.25, -0.2) is 8.42 Å². The molecule has 1 amide bonds. The van der Waals surface area contributed by atoms with Gasteiger partial charge in [-0.3, -0.25) is 4.79 Å². The number of carbonyl (C=O) groups excluding carboxylic acids is 1. The summed E-state index contributed by atoms with van der Waals surface area (Å²) in [6, 6.07) is 6.39. The summed E-state index contributed by atoms with van der Waals surface area (Å²) in [6.45, 7) is 0.0705. The minimum atomic E-state index is -3.27. The molecule has 0 saturated heterocycles. The minimum absolute atomic E-state index is 0.0705. The second-order valence-corrected chi connectivity index (χ2v) is 5.59. The number of hydrogen-bond donors (Lipinski definition) is 2. The normalized spacial score (nSPS) is 11.3. The summed E-state index contributed by atoms with van der Waals surface area (Å²) in [7, 11) is -3.27. The van der Waals surface area contributed by atoms with E-state index in [0.717, 1.165) is 0 Å². The average molecular weight is 242 g/mol. The van der Waals surface area contributed by atoms with E-state index in [-0.39, 0.29) is 23.6 Å². The second kappa shape index (κ2) is 5.09. The fourth-order valence-electron chi connectivity index (χ4n) is 1.38. The van der Waals surface area contributed by atoms with Gasteiger partial charge in [-0.1, -0.05) is 18.2 Å². The molecule has 5 nitrogen and oxygen atoms in total. The van der Waals surface area contributed by atoms with Gasteiger partial charge < -0.3 is 11.5 Å². The first kappa shape index (κ1) is 12.7. The molecule has 6 heteroatoms. The van der Waals surface area contributed by atoms with Crippen molar-refractivity contribution in [3.8, 4) is 0 Å². The topological polar surface area (TPSA) is 103 Å². The van der Waals surface area contributed by atoms with Crippen LogP contribution < -0.4 is 11.5 Å². The Balaban J connectivity index is 3.02. The summed E-state index contributed by atoms with van der Waals surface area (Å²) in [5.74, 6) is -0.929. The number of benzene rings is 1. The number of amides is 1. The van der Waals surface area contributed by atoms with E-state index in [0.29, 0.717) is 5.56 Å². The maximum atomic E-state index is 11.5. The Kier molecular flexibility index (Phi) is 4.03. The van der Waals surface area contributed by atoms with E-state index in [1.165, 1.54) is 6.07 Å². The van der Waals surface area contributed by atoms with Gasteiger partial charge in [-0.05, 0) is 11.6 Å². The van der Waals surface area contributed by atoms with Crippen molar-refractivity contribution in [2.75, 3.05) is 12.3 Å². The molecule has 0 aliphatic rings. The highest BCUT2D eigenvalue weighted by atomic mass is 32.2. The Morgan fingerprint density at radius 2 is 1.88 bits per heavy atom. The summed E-state index contributed by atoms with van der Waals surface area (Å²) < 4.78 is 23.1. The highest BCUT2D eigenvalue weighted by molar-refractivity contribution is 7.90. The molecule has 0 atom stereocenters.